The first-order valence-electron chi connectivity index (χ1n) is 7.02. The summed E-state index contributed by atoms with van der Waals surface area (Å²) in [5, 5.41) is 4.78. The van der Waals surface area contributed by atoms with Gasteiger partial charge < -0.3 is 9.73 Å². The summed E-state index contributed by atoms with van der Waals surface area (Å²) in [6.45, 7) is 1.33. The Morgan fingerprint density at radius 1 is 0.773 bits per heavy atom. The maximum Gasteiger partial charge on any atom is 0.135 e. The second-order valence-electron chi connectivity index (χ2n) is 4.94. The lowest BCUT2D eigenvalue weighted by atomic mass is 10.2. The monoisotopic (exact) mass is 331 g/mol. The summed E-state index contributed by atoms with van der Waals surface area (Å²) >= 11 is 12.3. The van der Waals surface area contributed by atoms with Crippen LogP contribution >= 0.6 is 23.2 Å². The molecule has 4 heteroatoms. The highest BCUT2D eigenvalue weighted by Crippen LogP contribution is 2.29. The summed E-state index contributed by atoms with van der Waals surface area (Å²) in [5.41, 5.74) is 1.98. The van der Waals surface area contributed by atoms with Crippen LogP contribution < -0.4 is 5.32 Å². The predicted octanol–water partition coefficient (Wildman–Crippen LogP) is 5.54. The molecule has 0 aliphatic carbocycles. The van der Waals surface area contributed by atoms with Crippen LogP contribution in [0.15, 0.2) is 65.1 Å². The molecule has 0 amide bonds. The van der Waals surface area contributed by atoms with Crippen molar-refractivity contribution in [1.29, 1.82) is 0 Å². The van der Waals surface area contributed by atoms with Gasteiger partial charge in [-0.3, -0.25) is 0 Å². The normalized spacial score (nSPS) is 10.8. The van der Waals surface area contributed by atoms with E-state index < -0.39 is 0 Å². The van der Waals surface area contributed by atoms with Crippen LogP contribution in [0.1, 0.15) is 11.3 Å². The van der Waals surface area contributed by atoms with Crippen LogP contribution in [0, 0.1) is 0 Å². The first kappa shape index (κ1) is 15.2. The lowest BCUT2D eigenvalue weighted by molar-refractivity contribution is 0.493. The van der Waals surface area contributed by atoms with Crippen LogP contribution in [0.3, 0.4) is 0 Å². The molecule has 0 saturated heterocycles. The van der Waals surface area contributed by atoms with Gasteiger partial charge in [0, 0.05) is 17.1 Å². The second kappa shape index (κ2) is 7.01. The Morgan fingerprint density at radius 3 is 2.27 bits per heavy atom. The average molecular weight is 332 g/mol. The maximum atomic E-state index is 6.18. The summed E-state index contributed by atoms with van der Waals surface area (Å²) in [4.78, 5) is 0. The van der Waals surface area contributed by atoms with Crippen molar-refractivity contribution in [2.75, 3.05) is 0 Å². The minimum absolute atomic E-state index is 0.635. The molecule has 3 aromatic rings. The molecule has 2 nitrogen and oxygen atoms in total. The van der Waals surface area contributed by atoms with Gasteiger partial charge in [0.1, 0.15) is 11.5 Å². The number of furan rings is 1. The topological polar surface area (TPSA) is 25.2 Å². The molecule has 0 spiro atoms. The van der Waals surface area contributed by atoms with E-state index in [9.17, 15) is 0 Å². The quantitative estimate of drug-likeness (QED) is 0.663. The lowest BCUT2D eigenvalue weighted by Gasteiger charge is -2.05. The van der Waals surface area contributed by atoms with Gasteiger partial charge in [-0.2, -0.15) is 0 Å². The zero-order valence-electron chi connectivity index (χ0n) is 11.9. The fourth-order valence-electron chi connectivity index (χ4n) is 2.24. The van der Waals surface area contributed by atoms with E-state index in [4.69, 9.17) is 27.6 Å². The summed E-state index contributed by atoms with van der Waals surface area (Å²) in [5.74, 6) is 1.64. The summed E-state index contributed by atoms with van der Waals surface area (Å²) < 4.78 is 5.84. The van der Waals surface area contributed by atoms with Gasteiger partial charge in [-0.15, -0.1) is 0 Å². The van der Waals surface area contributed by atoms with Crippen molar-refractivity contribution in [3.63, 3.8) is 0 Å². The average Bonchev–Trinajstić information content (AvgIpc) is 2.98. The molecule has 1 N–H and O–H groups in total. The van der Waals surface area contributed by atoms with Crippen molar-refractivity contribution in [1.82, 2.24) is 5.32 Å². The van der Waals surface area contributed by atoms with Crippen LogP contribution in [0.4, 0.5) is 0 Å². The fourth-order valence-corrected chi connectivity index (χ4v) is 2.67. The highest BCUT2D eigenvalue weighted by atomic mass is 35.5. The summed E-state index contributed by atoms with van der Waals surface area (Å²) in [6, 6.07) is 19.3. The molecule has 0 unspecified atom stereocenters. The number of rotatable bonds is 5. The van der Waals surface area contributed by atoms with E-state index in [1.807, 2.05) is 60.7 Å². The lowest BCUT2D eigenvalue weighted by Crippen LogP contribution is -2.12. The van der Waals surface area contributed by atoms with E-state index in [2.05, 4.69) is 5.32 Å². The van der Waals surface area contributed by atoms with Gasteiger partial charge in [-0.25, -0.2) is 0 Å². The summed E-state index contributed by atoms with van der Waals surface area (Å²) in [6.07, 6.45) is 0. The van der Waals surface area contributed by atoms with Gasteiger partial charge in [0.05, 0.1) is 11.6 Å². The van der Waals surface area contributed by atoms with Crippen molar-refractivity contribution in [2.24, 2.45) is 0 Å². The van der Waals surface area contributed by atoms with Crippen molar-refractivity contribution < 1.29 is 4.42 Å². The van der Waals surface area contributed by atoms with E-state index in [1.54, 1.807) is 0 Å². The molecule has 2 aromatic carbocycles. The number of hydrogen-bond donors (Lipinski definition) is 1. The molecule has 112 valence electrons. The Kier molecular flexibility index (Phi) is 4.84. The van der Waals surface area contributed by atoms with Crippen LogP contribution in [0.2, 0.25) is 10.0 Å². The van der Waals surface area contributed by atoms with Gasteiger partial charge in [0.25, 0.3) is 0 Å². The number of hydrogen-bond acceptors (Lipinski definition) is 2. The molecule has 1 aromatic heterocycles. The molecule has 0 radical (unpaired) electrons. The highest BCUT2D eigenvalue weighted by molar-refractivity contribution is 6.33. The van der Waals surface area contributed by atoms with Gasteiger partial charge in [0.2, 0.25) is 0 Å². The molecular weight excluding hydrogens is 317 g/mol. The molecule has 0 bridgehead atoms. The fraction of sp³-hybridized carbons (Fsp3) is 0.111. The third-order valence-corrected chi connectivity index (χ3v) is 4.07. The largest absolute Gasteiger partial charge is 0.460 e. The predicted molar refractivity (Wildman–Crippen MR) is 91.1 cm³/mol. The molecule has 0 fully saturated rings. The summed E-state index contributed by atoms with van der Waals surface area (Å²) in [7, 11) is 0. The van der Waals surface area contributed by atoms with E-state index in [1.165, 1.54) is 0 Å². The molecule has 0 atom stereocenters. The van der Waals surface area contributed by atoms with Gasteiger partial charge in [-0.05, 0) is 35.9 Å². The second-order valence-corrected chi connectivity index (χ2v) is 5.76. The molecule has 1 heterocycles. The molecule has 3 rings (SSSR count). The Hall–Kier alpha value is -1.74. The standard InChI is InChI=1S/C18H15Cl2NO/c19-16-7-3-1-5-13(16)11-21-12-14-9-10-18(22-14)15-6-2-4-8-17(15)20/h1-10,21H,11-12H2. The van der Waals surface area contributed by atoms with Crippen LogP contribution in [0.25, 0.3) is 11.3 Å². The zero-order valence-corrected chi connectivity index (χ0v) is 13.4. The SMILES string of the molecule is Clc1ccccc1CNCc1ccc(-c2ccccc2Cl)o1. The van der Waals surface area contributed by atoms with Crippen molar-refractivity contribution in [2.45, 2.75) is 13.1 Å². The third-order valence-electron chi connectivity index (χ3n) is 3.37. The van der Waals surface area contributed by atoms with Gasteiger partial charge >= 0.3 is 0 Å². The Morgan fingerprint density at radius 2 is 1.50 bits per heavy atom. The van der Waals surface area contributed by atoms with Crippen molar-refractivity contribution in [3.8, 4) is 11.3 Å². The Bertz CT molecular complexity index is 767. The smallest absolute Gasteiger partial charge is 0.135 e. The van der Waals surface area contributed by atoms with Gasteiger partial charge in [-0.1, -0.05) is 53.5 Å². The van der Waals surface area contributed by atoms with Crippen molar-refractivity contribution >= 4 is 23.2 Å². The zero-order chi connectivity index (χ0) is 15.4. The molecule has 22 heavy (non-hydrogen) atoms. The Balaban J connectivity index is 1.63. The first-order valence-corrected chi connectivity index (χ1v) is 7.77. The maximum absolute atomic E-state index is 6.18. The minimum Gasteiger partial charge on any atom is -0.460 e. The molecule has 0 aliphatic heterocycles. The van der Waals surface area contributed by atoms with E-state index >= 15 is 0 Å². The van der Waals surface area contributed by atoms with Crippen LogP contribution in [-0.4, -0.2) is 0 Å². The van der Waals surface area contributed by atoms with Crippen LogP contribution in [-0.2, 0) is 13.1 Å². The van der Waals surface area contributed by atoms with E-state index in [-0.39, 0.29) is 0 Å². The highest BCUT2D eigenvalue weighted by Gasteiger charge is 2.08. The number of nitrogens with one attached hydrogen (secondary N) is 1. The Labute approximate surface area is 139 Å². The molecule has 0 aliphatic rings. The van der Waals surface area contributed by atoms with E-state index in [0.717, 1.165) is 27.7 Å². The van der Waals surface area contributed by atoms with Crippen LogP contribution in [0.5, 0.6) is 0 Å². The van der Waals surface area contributed by atoms with E-state index in [0.29, 0.717) is 18.1 Å². The number of halogens is 2. The first-order chi connectivity index (χ1) is 10.7. The molecule has 0 saturated carbocycles. The number of benzene rings is 2. The third kappa shape index (κ3) is 3.53. The molecular formula is C18H15Cl2NO. The van der Waals surface area contributed by atoms with Gasteiger partial charge in [0.15, 0.2) is 0 Å². The minimum atomic E-state index is 0.635. The van der Waals surface area contributed by atoms with Crippen molar-refractivity contribution in [3.05, 3.63) is 82.0 Å².